The van der Waals surface area contributed by atoms with Crippen molar-refractivity contribution in [3.8, 4) is 0 Å². The maximum atomic E-state index is 2.34. The molecule has 0 saturated carbocycles. The third kappa shape index (κ3) is 2.96. The highest BCUT2D eigenvalue weighted by atomic mass is 14.2. The van der Waals surface area contributed by atoms with Gasteiger partial charge >= 0.3 is 0 Å². The highest BCUT2D eigenvalue weighted by Crippen LogP contribution is 2.32. The lowest BCUT2D eigenvalue weighted by Gasteiger charge is -2.26. The van der Waals surface area contributed by atoms with Gasteiger partial charge in [-0.2, -0.15) is 0 Å². The second-order valence-electron chi connectivity index (χ2n) is 6.76. The average molecular weight is 246 g/mol. The zero-order chi connectivity index (χ0) is 14.1. The van der Waals surface area contributed by atoms with Crippen LogP contribution in [0.4, 0.5) is 0 Å². The molecule has 0 aliphatic carbocycles. The number of rotatable bonds is 3. The molecule has 18 heavy (non-hydrogen) atoms. The van der Waals surface area contributed by atoms with Crippen molar-refractivity contribution in [2.75, 3.05) is 0 Å². The molecule has 0 nitrogen and oxygen atoms in total. The van der Waals surface area contributed by atoms with Crippen LogP contribution in [0.25, 0.3) is 0 Å². The van der Waals surface area contributed by atoms with Crippen molar-refractivity contribution in [3.05, 3.63) is 33.4 Å². The molecular formula is C18H30. The molecule has 0 atom stereocenters. The molecular weight excluding hydrogens is 216 g/mol. The Morgan fingerprint density at radius 3 is 1.50 bits per heavy atom. The second kappa shape index (κ2) is 5.47. The van der Waals surface area contributed by atoms with Gasteiger partial charge in [0.1, 0.15) is 0 Å². The van der Waals surface area contributed by atoms with Crippen molar-refractivity contribution in [1.29, 1.82) is 0 Å². The minimum Gasteiger partial charge on any atom is -0.0613 e. The largest absolute Gasteiger partial charge is 0.0613 e. The molecule has 0 amide bonds. The van der Waals surface area contributed by atoms with Crippen LogP contribution < -0.4 is 0 Å². The van der Waals surface area contributed by atoms with Crippen molar-refractivity contribution in [2.45, 2.75) is 74.7 Å². The number of hydrogen-bond donors (Lipinski definition) is 0. The third-order valence-corrected chi connectivity index (χ3v) is 4.15. The summed E-state index contributed by atoms with van der Waals surface area (Å²) >= 11 is 0. The minimum atomic E-state index is 0.362. The van der Waals surface area contributed by atoms with Crippen molar-refractivity contribution < 1.29 is 0 Å². The van der Waals surface area contributed by atoms with Crippen LogP contribution in [0.5, 0.6) is 0 Å². The molecule has 0 spiro atoms. The summed E-state index contributed by atoms with van der Waals surface area (Å²) in [7, 11) is 0. The Balaban J connectivity index is 3.51. The summed E-state index contributed by atoms with van der Waals surface area (Å²) in [6.07, 6.45) is 3.50. The summed E-state index contributed by atoms with van der Waals surface area (Å²) in [4.78, 5) is 0. The predicted molar refractivity (Wildman–Crippen MR) is 82.6 cm³/mol. The van der Waals surface area contributed by atoms with E-state index in [1.165, 1.54) is 17.5 Å². The van der Waals surface area contributed by atoms with E-state index in [-0.39, 0.29) is 0 Å². The van der Waals surface area contributed by atoms with Crippen LogP contribution in [0.3, 0.4) is 0 Å². The van der Waals surface area contributed by atoms with Gasteiger partial charge in [-0.25, -0.2) is 0 Å². The Morgan fingerprint density at radius 1 is 0.667 bits per heavy atom. The first-order chi connectivity index (χ1) is 8.22. The van der Waals surface area contributed by atoms with Gasteiger partial charge in [0.25, 0.3) is 0 Å². The Labute approximate surface area is 114 Å². The lowest BCUT2D eigenvalue weighted by atomic mass is 9.79. The summed E-state index contributed by atoms with van der Waals surface area (Å²) in [5.41, 5.74) is 9.74. The van der Waals surface area contributed by atoms with Crippen LogP contribution in [0, 0.1) is 26.2 Å². The molecule has 0 bridgehead atoms. The van der Waals surface area contributed by atoms with Crippen molar-refractivity contribution in [1.82, 2.24) is 0 Å². The van der Waals surface area contributed by atoms with E-state index in [2.05, 4.69) is 55.4 Å². The molecule has 0 N–H and O–H groups in total. The summed E-state index contributed by atoms with van der Waals surface area (Å²) < 4.78 is 0. The molecule has 1 rings (SSSR count). The zero-order valence-electron chi connectivity index (χ0n) is 13.6. The molecule has 0 aliphatic heterocycles. The first-order valence-electron chi connectivity index (χ1n) is 7.33. The Kier molecular flexibility index (Phi) is 4.64. The summed E-state index contributed by atoms with van der Waals surface area (Å²) in [5.74, 6) is 0. The van der Waals surface area contributed by atoms with Crippen LogP contribution in [0.1, 0.15) is 68.0 Å². The topological polar surface area (TPSA) is 0 Å². The maximum Gasteiger partial charge on any atom is -0.0224 e. The summed E-state index contributed by atoms with van der Waals surface area (Å²) in [5, 5.41) is 0. The van der Waals surface area contributed by atoms with Crippen LogP contribution in [0.15, 0.2) is 0 Å². The van der Waals surface area contributed by atoms with Gasteiger partial charge in [-0.05, 0) is 78.8 Å². The van der Waals surface area contributed by atoms with Gasteiger partial charge in [0, 0.05) is 0 Å². The average Bonchev–Trinajstić information content (AvgIpc) is 2.25. The highest BCUT2D eigenvalue weighted by Gasteiger charge is 2.20. The first-order valence-corrected chi connectivity index (χ1v) is 7.33. The molecule has 0 radical (unpaired) electrons. The molecule has 1 aromatic carbocycles. The maximum absolute atomic E-state index is 2.34. The van der Waals surface area contributed by atoms with Crippen molar-refractivity contribution >= 4 is 0 Å². The van der Waals surface area contributed by atoms with Crippen LogP contribution >= 0.6 is 0 Å². The van der Waals surface area contributed by atoms with Gasteiger partial charge in [-0.15, -0.1) is 0 Å². The minimum absolute atomic E-state index is 0.362. The fourth-order valence-corrected chi connectivity index (χ4v) is 3.15. The molecule has 1 aromatic rings. The summed E-state index contributed by atoms with van der Waals surface area (Å²) in [6, 6.07) is 0. The van der Waals surface area contributed by atoms with Gasteiger partial charge < -0.3 is 0 Å². The lowest BCUT2D eigenvalue weighted by molar-refractivity contribution is 0.408. The fraction of sp³-hybridized carbons (Fsp3) is 0.667. The number of hydrogen-bond acceptors (Lipinski definition) is 0. The standard InChI is InChI=1S/C18H30/c1-9-15-12(3)13(4)17(11-18(6,7)8)16(10-2)14(15)5/h9-11H2,1-8H3. The lowest BCUT2D eigenvalue weighted by Crippen LogP contribution is -2.15. The fourth-order valence-electron chi connectivity index (χ4n) is 3.15. The Bertz CT molecular complexity index is 431. The second-order valence-corrected chi connectivity index (χ2v) is 6.76. The summed E-state index contributed by atoms with van der Waals surface area (Å²) in [6.45, 7) is 18.5. The number of benzene rings is 1. The molecule has 0 aromatic heterocycles. The van der Waals surface area contributed by atoms with E-state index in [4.69, 9.17) is 0 Å². The van der Waals surface area contributed by atoms with Gasteiger partial charge in [0.15, 0.2) is 0 Å². The van der Waals surface area contributed by atoms with Crippen LogP contribution in [-0.4, -0.2) is 0 Å². The van der Waals surface area contributed by atoms with E-state index >= 15 is 0 Å². The van der Waals surface area contributed by atoms with Gasteiger partial charge in [-0.1, -0.05) is 34.6 Å². The van der Waals surface area contributed by atoms with E-state index < -0.39 is 0 Å². The quantitative estimate of drug-likeness (QED) is 0.676. The molecule has 0 heteroatoms. The molecule has 0 fully saturated rings. The van der Waals surface area contributed by atoms with E-state index in [0.29, 0.717) is 5.41 Å². The van der Waals surface area contributed by atoms with Crippen LogP contribution in [0.2, 0.25) is 0 Å². The molecule has 0 unspecified atom stereocenters. The van der Waals surface area contributed by atoms with Gasteiger partial charge in [0.05, 0.1) is 0 Å². The van der Waals surface area contributed by atoms with E-state index in [9.17, 15) is 0 Å². The smallest absolute Gasteiger partial charge is 0.0224 e. The monoisotopic (exact) mass is 246 g/mol. The molecule has 0 heterocycles. The zero-order valence-corrected chi connectivity index (χ0v) is 13.6. The molecule has 0 aliphatic rings. The van der Waals surface area contributed by atoms with E-state index in [0.717, 1.165) is 12.8 Å². The highest BCUT2D eigenvalue weighted by molar-refractivity contribution is 5.51. The van der Waals surface area contributed by atoms with Crippen LogP contribution in [-0.2, 0) is 19.3 Å². The van der Waals surface area contributed by atoms with Crippen molar-refractivity contribution in [2.24, 2.45) is 5.41 Å². The van der Waals surface area contributed by atoms with Gasteiger partial charge in [0.2, 0.25) is 0 Å². The van der Waals surface area contributed by atoms with Gasteiger partial charge in [-0.3, -0.25) is 0 Å². The van der Waals surface area contributed by atoms with E-state index in [1.807, 2.05) is 0 Å². The molecule has 0 saturated heterocycles. The SMILES string of the molecule is CCc1c(C)c(C)c(CC(C)(C)C)c(CC)c1C. The molecule has 102 valence electrons. The first kappa shape index (κ1) is 15.3. The Morgan fingerprint density at radius 2 is 1.11 bits per heavy atom. The van der Waals surface area contributed by atoms with Crippen molar-refractivity contribution in [3.63, 3.8) is 0 Å². The normalized spacial score (nSPS) is 12.0. The predicted octanol–water partition coefficient (Wildman–Crippen LogP) is 5.33. The van der Waals surface area contributed by atoms with E-state index in [1.54, 1.807) is 22.3 Å². The third-order valence-electron chi connectivity index (χ3n) is 4.15. The Hall–Kier alpha value is -0.780.